The maximum Gasteiger partial charge on any atom is 0.231 e. The first kappa shape index (κ1) is 18.5. The van der Waals surface area contributed by atoms with Crippen molar-refractivity contribution in [1.82, 2.24) is 9.97 Å². The molecule has 1 aromatic carbocycles. The van der Waals surface area contributed by atoms with Crippen LogP contribution in [0.1, 0.15) is 48.0 Å². The number of quaternary nitrogens is 1. The Balaban J connectivity index is 1.50. The lowest BCUT2D eigenvalue weighted by Crippen LogP contribution is -3.11. The van der Waals surface area contributed by atoms with E-state index in [-0.39, 0.29) is 0 Å². The van der Waals surface area contributed by atoms with Crippen LogP contribution < -0.4 is 9.64 Å². The minimum atomic E-state index is 0.630. The van der Waals surface area contributed by atoms with E-state index in [4.69, 9.17) is 20.0 Å². The van der Waals surface area contributed by atoms with Gasteiger partial charge >= 0.3 is 0 Å². The number of thiophene rings is 1. The van der Waals surface area contributed by atoms with Crippen molar-refractivity contribution in [2.45, 2.75) is 45.6 Å². The molecule has 0 atom stereocenters. The maximum atomic E-state index is 9.03. The number of ether oxygens (including phenoxy) is 1. The molecule has 0 radical (unpaired) electrons. The van der Waals surface area contributed by atoms with Gasteiger partial charge < -0.3 is 9.64 Å². The van der Waals surface area contributed by atoms with Gasteiger partial charge in [-0.25, -0.2) is 4.98 Å². The van der Waals surface area contributed by atoms with E-state index in [9.17, 15) is 0 Å². The Bertz CT molecular complexity index is 1070. The van der Waals surface area contributed by atoms with E-state index in [1.165, 1.54) is 42.8 Å². The number of aromatic nitrogens is 2. The summed E-state index contributed by atoms with van der Waals surface area (Å²) in [4.78, 5) is 13.9. The molecule has 1 N–H and O–H groups in total. The van der Waals surface area contributed by atoms with Crippen molar-refractivity contribution in [3.63, 3.8) is 0 Å². The second-order valence-electron chi connectivity index (χ2n) is 8.33. The average molecular weight is 406 g/mol. The van der Waals surface area contributed by atoms with E-state index in [1.807, 2.05) is 23.5 Å². The Morgan fingerprint density at radius 2 is 1.97 bits per heavy atom. The average Bonchev–Trinajstić information content (AvgIpc) is 3.31. The normalized spacial score (nSPS) is 21.1. The molecule has 5 rings (SSSR count). The van der Waals surface area contributed by atoms with Crippen LogP contribution in [0.2, 0.25) is 0 Å². The fraction of sp³-hybridized carbons (Fsp3) is 0.435. The fourth-order valence-electron chi connectivity index (χ4n) is 4.44. The number of nitrogens with one attached hydrogen (secondary N) is 1. The van der Waals surface area contributed by atoms with Crippen LogP contribution in [0.4, 0.5) is 0 Å². The van der Waals surface area contributed by atoms with Gasteiger partial charge in [-0.2, -0.15) is 10.2 Å². The van der Waals surface area contributed by atoms with Crippen LogP contribution in [0.15, 0.2) is 24.3 Å². The first-order chi connectivity index (χ1) is 14.2. The molecule has 5 nitrogen and oxygen atoms in total. The van der Waals surface area contributed by atoms with Crippen molar-refractivity contribution in [2.24, 2.45) is 5.92 Å². The molecule has 2 aromatic heterocycles. The second kappa shape index (κ2) is 7.74. The molecule has 0 unspecified atom stereocenters. The van der Waals surface area contributed by atoms with E-state index < -0.39 is 0 Å². The highest BCUT2D eigenvalue weighted by molar-refractivity contribution is 7.19. The molecule has 0 spiro atoms. The molecule has 1 aliphatic carbocycles. The van der Waals surface area contributed by atoms with Gasteiger partial charge in [-0.05, 0) is 67.9 Å². The van der Waals surface area contributed by atoms with Gasteiger partial charge in [-0.1, -0.05) is 6.92 Å². The van der Waals surface area contributed by atoms with Crippen LogP contribution in [-0.2, 0) is 19.4 Å². The third-order valence-corrected chi connectivity index (χ3v) is 7.35. The number of benzene rings is 1. The topological polar surface area (TPSA) is 63.2 Å². The highest BCUT2D eigenvalue weighted by Gasteiger charge is 2.25. The second-order valence-corrected chi connectivity index (χ2v) is 9.41. The number of nitriles is 1. The molecule has 1 aliphatic heterocycles. The molecule has 148 valence electrons. The molecular formula is C23H25N4OS+. The van der Waals surface area contributed by atoms with Gasteiger partial charge in [-0.3, -0.25) is 0 Å². The number of likely N-dealkylation sites (tertiary alicyclic amines) is 1. The van der Waals surface area contributed by atoms with Crippen molar-refractivity contribution in [3.8, 4) is 17.7 Å². The Kier molecular flexibility index (Phi) is 4.94. The van der Waals surface area contributed by atoms with E-state index in [0.717, 1.165) is 41.3 Å². The van der Waals surface area contributed by atoms with Crippen molar-refractivity contribution < 1.29 is 9.64 Å². The molecule has 0 saturated carbocycles. The molecule has 0 bridgehead atoms. The number of piperidine rings is 1. The Labute approximate surface area is 175 Å². The van der Waals surface area contributed by atoms with Gasteiger partial charge in [0.15, 0.2) is 5.82 Å². The van der Waals surface area contributed by atoms with Gasteiger partial charge in [0.2, 0.25) is 5.88 Å². The monoisotopic (exact) mass is 405 g/mol. The molecule has 1 fully saturated rings. The van der Waals surface area contributed by atoms with Gasteiger partial charge in [0.25, 0.3) is 0 Å². The minimum absolute atomic E-state index is 0.630. The first-order valence-corrected chi connectivity index (χ1v) is 11.3. The zero-order valence-electron chi connectivity index (χ0n) is 16.7. The van der Waals surface area contributed by atoms with E-state index in [2.05, 4.69) is 13.0 Å². The quantitative estimate of drug-likeness (QED) is 0.720. The summed E-state index contributed by atoms with van der Waals surface area (Å²) in [6.45, 7) is 5.58. The van der Waals surface area contributed by atoms with Gasteiger partial charge in [0, 0.05) is 4.88 Å². The Morgan fingerprint density at radius 1 is 1.17 bits per heavy atom. The van der Waals surface area contributed by atoms with Crippen LogP contribution in [0.25, 0.3) is 10.2 Å². The van der Waals surface area contributed by atoms with Crippen molar-refractivity contribution in [3.05, 3.63) is 46.1 Å². The number of rotatable bonds is 4. The largest absolute Gasteiger partial charge is 0.438 e. The fourth-order valence-corrected chi connectivity index (χ4v) is 5.71. The van der Waals surface area contributed by atoms with Gasteiger partial charge in [0.05, 0.1) is 30.1 Å². The lowest BCUT2D eigenvalue weighted by Gasteiger charge is -2.26. The number of aryl methyl sites for hydroxylation is 2. The predicted molar refractivity (Wildman–Crippen MR) is 113 cm³/mol. The minimum Gasteiger partial charge on any atom is -0.438 e. The van der Waals surface area contributed by atoms with Gasteiger partial charge in [0.1, 0.15) is 17.1 Å². The number of hydrogen-bond acceptors (Lipinski definition) is 5. The molecule has 3 heterocycles. The van der Waals surface area contributed by atoms with Crippen molar-refractivity contribution in [1.29, 1.82) is 5.26 Å². The maximum absolute atomic E-state index is 9.03. The van der Waals surface area contributed by atoms with Crippen LogP contribution in [-0.4, -0.2) is 23.1 Å². The summed E-state index contributed by atoms with van der Waals surface area (Å²) in [5.74, 6) is 3.11. The van der Waals surface area contributed by atoms with Crippen LogP contribution in [0, 0.1) is 17.2 Å². The molecule has 2 aliphatic rings. The summed E-state index contributed by atoms with van der Waals surface area (Å²) < 4.78 is 6.26. The summed E-state index contributed by atoms with van der Waals surface area (Å²) in [7, 11) is 0. The lowest BCUT2D eigenvalue weighted by atomic mass is 9.99. The number of fused-ring (bicyclic) bond motifs is 3. The van der Waals surface area contributed by atoms with E-state index in [0.29, 0.717) is 17.2 Å². The Hall–Kier alpha value is -2.49. The third kappa shape index (κ3) is 3.73. The standard InChI is InChI=1S/C23H24N4OS/c1-15-9-11-27(12-10-15)14-20-25-22(28-17-7-5-16(13-24)6-8-17)21-18-3-2-4-19(18)29-23(21)26-20/h5-8,15H,2-4,9-12,14H2,1H3/p+1. The Morgan fingerprint density at radius 3 is 2.72 bits per heavy atom. The van der Waals surface area contributed by atoms with Gasteiger partial charge in [-0.15, -0.1) is 11.3 Å². The molecule has 3 aromatic rings. The zero-order valence-corrected chi connectivity index (χ0v) is 17.5. The molecular weight excluding hydrogens is 380 g/mol. The number of nitrogens with zero attached hydrogens (tertiary/aromatic N) is 3. The summed E-state index contributed by atoms with van der Waals surface area (Å²) in [5, 5.41) is 10.1. The first-order valence-electron chi connectivity index (χ1n) is 10.5. The zero-order chi connectivity index (χ0) is 19.8. The predicted octanol–water partition coefficient (Wildman–Crippen LogP) is 3.66. The highest BCUT2D eigenvalue weighted by atomic mass is 32.1. The summed E-state index contributed by atoms with van der Waals surface area (Å²) in [6.07, 6.45) is 5.97. The molecule has 29 heavy (non-hydrogen) atoms. The SMILES string of the molecule is CC1CC[NH+](Cc2nc(Oc3ccc(C#N)cc3)c3c4c(sc3n2)CCC4)CC1. The third-order valence-electron chi connectivity index (χ3n) is 6.17. The van der Waals surface area contributed by atoms with E-state index >= 15 is 0 Å². The van der Waals surface area contributed by atoms with Crippen LogP contribution in [0.3, 0.4) is 0 Å². The van der Waals surface area contributed by atoms with Crippen LogP contribution in [0.5, 0.6) is 11.6 Å². The molecule has 1 saturated heterocycles. The summed E-state index contributed by atoms with van der Waals surface area (Å²) in [6, 6.07) is 9.41. The lowest BCUT2D eigenvalue weighted by molar-refractivity contribution is -0.920. The summed E-state index contributed by atoms with van der Waals surface area (Å²) >= 11 is 1.81. The van der Waals surface area contributed by atoms with Crippen LogP contribution >= 0.6 is 11.3 Å². The highest BCUT2D eigenvalue weighted by Crippen LogP contribution is 2.41. The van der Waals surface area contributed by atoms with Crippen molar-refractivity contribution >= 4 is 21.6 Å². The molecule has 6 heteroatoms. The smallest absolute Gasteiger partial charge is 0.231 e. The number of hydrogen-bond donors (Lipinski definition) is 1. The summed E-state index contributed by atoms with van der Waals surface area (Å²) in [5.41, 5.74) is 2.00. The van der Waals surface area contributed by atoms with Crippen molar-refractivity contribution in [2.75, 3.05) is 13.1 Å². The van der Waals surface area contributed by atoms with E-state index in [1.54, 1.807) is 17.0 Å². The molecule has 0 amide bonds.